The fourth-order valence-corrected chi connectivity index (χ4v) is 2.72. The van der Waals surface area contributed by atoms with Gasteiger partial charge in [-0.2, -0.15) is 10.4 Å². The average Bonchev–Trinajstić information content (AvgIpc) is 3.03. The van der Waals surface area contributed by atoms with E-state index >= 15 is 0 Å². The van der Waals surface area contributed by atoms with Crippen molar-refractivity contribution in [1.82, 2.24) is 20.4 Å². The summed E-state index contributed by atoms with van der Waals surface area (Å²) < 4.78 is 0. The summed E-state index contributed by atoms with van der Waals surface area (Å²) in [6.45, 7) is 0. The van der Waals surface area contributed by atoms with Gasteiger partial charge in [-0.3, -0.25) is 5.10 Å². The molecular formula is C18H12N6. The number of nitrogens with zero attached hydrogens (tertiary/aromatic N) is 4. The second-order valence-electron chi connectivity index (χ2n) is 5.31. The number of H-pyrrole nitrogens is 1. The Hall–Kier alpha value is -3.72. The molecule has 0 unspecified atom stereocenters. The number of rotatable bonds is 2. The molecule has 0 aliphatic rings. The van der Waals surface area contributed by atoms with Crippen LogP contribution in [0.1, 0.15) is 5.56 Å². The zero-order chi connectivity index (χ0) is 16.5. The predicted octanol–water partition coefficient (Wildman–Crippen LogP) is 3.14. The van der Waals surface area contributed by atoms with Gasteiger partial charge in [0, 0.05) is 11.1 Å². The second-order valence-corrected chi connectivity index (χ2v) is 5.31. The third-order valence-electron chi connectivity index (χ3n) is 3.86. The lowest BCUT2D eigenvalue weighted by Gasteiger charge is -2.10. The van der Waals surface area contributed by atoms with E-state index in [0.29, 0.717) is 22.7 Å². The molecule has 6 heteroatoms. The first-order valence-corrected chi connectivity index (χ1v) is 7.34. The minimum Gasteiger partial charge on any atom is -0.382 e. The van der Waals surface area contributed by atoms with Crippen LogP contribution in [-0.2, 0) is 0 Å². The Morgan fingerprint density at radius 3 is 2.38 bits per heavy atom. The normalized spacial score (nSPS) is 10.6. The first-order chi connectivity index (χ1) is 11.8. The molecule has 0 saturated carbocycles. The lowest BCUT2D eigenvalue weighted by molar-refractivity contribution is 1.03. The predicted molar refractivity (Wildman–Crippen MR) is 91.7 cm³/mol. The number of anilines is 1. The number of benzene rings is 2. The summed E-state index contributed by atoms with van der Waals surface area (Å²) in [5, 5.41) is 25.1. The van der Waals surface area contributed by atoms with Crippen LogP contribution in [-0.4, -0.2) is 20.4 Å². The van der Waals surface area contributed by atoms with Crippen LogP contribution in [0.15, 0.2) is 54.6 Å². The smallest absolute Gasteiger partial charge is 0.180 e. The SMILES string of the molecule is N#Cc1ccc(-c2nnc3[nH]nc(N)c3c2-c2ccccc2)cc1. The zero-order valence-corrected chi connectivity index (χ0v) is 12.6. The minimum atomic E-state index is 0.383. The molecule has 0 radical (unpaired) electrons. The van der Waals surface area contributed by atoms with Crippen molar-refractivity contribution >= 4 is 16.9 Å². The maximum Gasteiger partial charge on any atom is 0.180 e. The molecule has 2 heterocycles. The lowest BCUT2D eigenvalue weighted by Crippen LogP contribution is -1.96. The van der Waals surface area contributed by atoms with Gasteiger partial charge in [-0.1, -0.05) is 42.5 Å². The molecule has 0 spiro atoms. The van der Waals surface area contributed by atoms with Crippen molar-refractivity contribution in [2.24, 2.45) is 0 Å². The Bertz CT molecular complexity index is 1060. The monoisotopic (exact) mass is 312 g/mol. The molecule has 0 fully saturated rings. The zero-order valence-electron chi connectivity index (χ0n) is 12.6. The number of aromatic amines is 1. The number of aromatic nitrogens is 4. The van der Waals surface area contributed by atoms with Gasteiger partial charge in [0.15, 0.2) is 11.5 Å². The molecule has 0 atom stereocenters. The van der Waals surface area contributed by atoms with E-state index in [-0.39, 0.29) is 0 Å². The largest absolute Gasteiger partial charge is 0.382 e. The van der Waals surface area contributed by atoms with Crippen LogP contribution < -0.4 is 5.73 Å². The average molecular weight is 312 g/mol. The molecule has 3 N–H and O–H groups in total. The Morgan fingerprint density at radius 2 is 1.67 bits per heavy atom. The van der Waals surface area contributed by atoms with E-state index in [4.69, 9.17) is 11.0 Å². The molecule has 0 aliphatic carbocycles. The fourth-order valence-electron chi connectivity index (χ4n) is 2.72. The molecule has 24 heavy (non-hydrogen) atoms. The minimum absolute atomic E-state index is 0.383. The van der Waals surface area contributed by atoms with Crippen LogP contribution in [0.3, 0.4) is 0 Å². The van der Waals surface area contributed by atoms with Gasteiger partial charge in [0.1, 0.15) is 5.69 Å². The fraction of sp³-hybridized carbons (Fsp3) is 0. The van der Waals surface area contributed by atoms with Gasteiger partial charge in [-0.25, -0.2) is 0 Å². The number of nitrogens with one attached hydrogen (secondary N) is 1. The Balaban J connectivity index is 2.05. The van der Waals surface area contributed by atoms with E-state index < -0.39 is 0 Å². The maximum atomic E-state index is 8.97. The van der Waals surface area contributed by atoms with Crippen LogP contribution in [0.25, 0.3) is 33.4 Å². The summed E-state index contributed by atoms with van der Waals surface area (Å²) in [6, 6.07) is 19.2. The summed E-state index contributed by atoms with van der Waals surface area (Å²) in [5.41, 5.74) is 10.6. The van der Waals surface area contributed by atoms with Crippen LogP contribution in [0.4, 0.5) is 5.82 Å². The Morgan fingerprint density at radius 1 is 0.917 bits per heavy atom. The molecule has 6 nitrogen and oxygen atoms in total. The summed E-state index contributed by atoms with van der Waals surface area (Å²) in [7, 11) is 0. The number of nitrogens with two attached hydrogens (primary N) is 1. The quantitative estimate of drug-likeness (QED) is 0.591. The van der Waals surface area contributed by atoms with E-state index in [1.807, 2.05) is 42.5 Å². The summed E-state index contributed by atoms with van der Waals surface area (Å²) >= 11 is 0. The number of nitriles is 1. The van der Waals surface area contributed by atoms with Gasteiger partial charge >= 0.3 is 0 Å². The molecule has 2 aromatic carbocycles. The first-order valence-electron chi connectivity index (χ1n) is 7.34. The van der Waals surface area contributed by atoms with Gasteiger partial charge in [-0.05, 0) is 17.7 Å². The van der Waals surface area contributed by atoms with Gasteiger partial charge in [-0.15, -0.1) is 10.2 Å². The highest BCUT2D eigenvalue weighted by atomic mass is 15.2. The molecule has 2 aromatic heterocycles. The Labute approximate surface area is 137 Å². The molecule has 4 rings (SSSR count). The van der Waals surface area contributed by atoms with E-state index in [1.165, 1.54) is 0 Å². The molecule has 0 saturated heterocycles. The number of nitrogen functional groups attached to an aromatic ring is 1. The highest BCUT2D eigenvalue weighted by Gasteiger charge is 2.18. The maximum absolute atomic E-state index is 8.97. The molecular weight excluding hydrogens is 300 g/mol. The Kier molecular flexibility index (Phi) is 3.18. The molecule has 4 aromatic rings. The second kappa shape index (κ2) is 5.48. The van der Waals surface area contributed by atoms with Gasteiger partial charge in [0.2, 0.25) is 0 Å². The van der Waals surface area contributed by atoms with Crippen LogP contribution in [0, 0.1) is 11.3 Å². The van der Waals surface area contributed by atoms with Gasteiger partial charge < -0.3 is 5.73 Å². The molecule has 0 bridgehead atoms. The number of fused-ring (bicyclic) bond motifs is 1. The standard InChI is InChI=1S/C18H12N6/c19-10-11-6-8-13(9-7-11)16-14(12-4-2-1-3-5-12)15-17(20)22-24-18(15)23-21-16/h1-9H,(H3,20,22,23,24). The van der Waals surface area contributed by atoms with Crippen LogP contribution in [0.2, 0.25) is 0 Å². The van der Waals surface area contributed by atoms with Crippen molar-refractivity contribution in [3.05, 3.63) is 60.2 Å². The van der Waals surface area contributed by atoms with E-state index in [9.17, 15) is 0 Å². The van der Waals surface area contributed by atoms with Gasteiger partial charge in [0.25, 0.3) is 0 Å². The summed E-state index contributed by atoms with van der Waals surface area (Å²) in [4.78, 5) is 0. The van der Waals surface area contributed by atoms with E-state index in [1.54, 1.807) is 12.1 Å². The van der Waals surface area contributed by atoms with Crippen molar-refractivity contribution < 1.29 is 0 Å². The number of hydrogen-bond acceptors (Lipinski definition) is 5. The molecule has 0 aliphatic heterocycles. The van der Waals surface area contributed by atoms with Crippen molar-refractivity contribution in [1.29, 1.82) is 5.26 Å². The van der Waals surface area contributed by atoms with Crippen LogP contribution in [0.5, 0.6) is 0 Å². The van der Waals surface area contributed by atoms with E-state index in [2.05, 4.69) is 26.5 Å². The molecule has 114 valence electrons. The highest BCUT2D eigenvalue weighted by Crippen LogP contribution is 2.37. The van der Waals surface area contributed by atoms with Gasteiger partial charge in [0.05, 0.1) is 17.0 Å². The third-order valence-corrected chi connectivity index (χ3v) is 3.86. The molecule has 0 amide bonds. The highest BCUT2D eigenvalue weighted by molar-refractivity contribution is 6.04. The van der Waals surface area contributed by atoms with Crippen LogP contribution >= 0.6 is 0 Å². The number of hydrogen-bond donors (Lipinski definition) is 2. The summed E-state index contributed by atoms with van der Waals surface area (Å²) in [6.07, 6.45) is 0. The van der Waals surface area contributed by atoms with Crippen molar-refractivity contribution in [2.45, 2.75) is 0 Å². The van der Waals surface area contributed by atoms with E-state index in [0.717, 1.165) is 22.1 Å². The third kappa shape index (κ3) is 2.16. The lowest BCUT2D eigenvalue weighted by atomic mass is 9.97. The van der Waals surface area contributed by atoms with Crippen molar-refractivity contribution in [3.8, 4) is 28.5 Å². The van der Waals surface area contributed by atoms with Crippen molar-refractivity contribution in [2.75, 3.05) is 5.73 Å². The summed E-state index contributed by atoms with van der Waals surface area (Å²) in [5.74, 6) is 0.383. The first kappa shape index (κ1) is 13.9. The van der Waals surface area contributed by atoms with Crippen molar-refractivity contribution in [3.63, 3.8) is 0 Å². The topological polar surface area (TPSA) is 104 Å².